The molecule has 43 heavy (non-hydrogen) atoms. The molecule has 2 atom stereocenters. The molecular formula is C30H34F4N5O3S+. The van der Waals surface area contributed by atoms with Gasteiger partial charge in [-0.3, -0.25) is 5.10 Å². The average molecular weight is 621 g/mol. The number of benzene rings is 2. The molecule has 3 N–H and O–H groups in total. The average Bonchev–Trinajstić information content (AvgIpc) is 3.56. The van der Waals surface area contributed by atoms with Gasteiger partial charge in [0.15, 0.2) is 0 Å². The fraction of sp³-hybridized carbons (Fsp3) is 0.433. The first-order chi connectivity index (χ1) is 20.3. The SMILES string of the molecule is CS(=O)(=O)[N+]1(CC(O)CN2CCC(c3c[nH]c4ccc(F)cc34)CC2)CCc2[nH]nc(-c3ccc(C(F)(F)F)cc3)c2C1. The largest absolute Gasteiger partial charge is 0.416 e. The number of alkyl halides is 3. The summed E-state index contributed by atoms with van der Waals surface area (Å²) in [5, 5.41) is 19.3. The number of aromatic amines is 2. The second-order valence-electron chi connectivity index (χ2n) is 11.9. The molecule has 2 aromatic carbocycles. The highest BCUT2D eigenvalue weighted by atomic mass is 32.2. The van der Waals surface area contributed by atoms with Gasteiger partial charge in [0.1, 0.15) is 30.7 Å². The number of quaternary nitrogens is 1. The number of piperidine rings is 1. The lowest BCUT2D eigenvalue weighted by Crippen LogP contribution is -2.59. The van der Waals surface area contributed by atoms with Gasteiger partial charge in [-0.05, 0) is 67.7 Å². The standard InChI is InChI=1S/C30H34F4N5O3S/c1-43(41,42)39(13-10-28-26(18-39)29(37-36-28)20-2-4-21(5-3-20)30(32,33)34)17-23(40)16-38-11-8-19(9-12-38)25-15-35-27-7-6-22(31)14-24(25)27/h2-7,14-15,19,23,35,40H,8-13,16-18H2,1H3,(H,36,37)/q+1. The summed E-state index contributed by atoms with van der Waals surface area (Å²) in [7, 11) is -3.70. The lowest BCUT2D eigenvalue weighted by Gasteiger charge is -2.41. The van der Waals surface area contributed by atoms with Crippen molar-refractivity contribution in [2.75, 3.05) is 39.0 Å². The topological polar surface area (TPSA) is 102 Å². The number of nitrogens with one attached hydrogen (secondary N) is 2. The lowest BCUT2D eigenvalue weighted by molar-refractivity contribution is -0.826. The van der Waals surface area contributed by atoms with Crippen molar-refractivity contribution in [2.24, 2.45) is 0 Å². The zero-order valence-corrected chi connectivity index (χ0v) is 24.5. The quantitative estimate of drug-likeness (QED) is 0.204. The molecule has 2 aromatic heterocycles. The van der Waals surface area contributed by atoms with Crippen LogP contribution in [0, 0.1) is 5.82 Å². The van der Waals surface area contributed by atoms with Crippen LogP contribution >= 0.6 is 0 Å². The third-order valence-corrected chi connectivity index (χ3v) is 10.9. The van der Waals surface area contributed by atoms with Crippen LogP contribution in [0.15, 0.2) is 48.7 Å². The number of β-amino-alcohol motifs (C(OH)–C–C–N with tert-alkyl or cyclic N) is 1. The van der Waals surface area contributed by atoms with Gasteiger partial charge in [-0.25, -0.2) is 8.28 Å². The molecule has 4 heterocycles. The van der Waals surface area contributed by atoms with Gasteiger partial charge in [0, 0.05) is 35.6 Å². The minimum atomic E-state index is -4.47. The number of likely N-dealkylation sites (tertiary alicyclic amines) is 1. The molecule has 0 bridgehead atoms. The van der Waals surface area contributed by atoms with Gasteiger partial charge in [-0.2, -0.15) is 26.7 Å². The monoisotopic (exact) mass is 620 g/mol. The highest BCUT2D eigenvalue weighted by Crippen LogP contribution is 2.37. The maximum Gasteiger partial charge on any atom is 0.416 e. The summed E-state index contributed by atoms with van der Waals surface area (Å²) in [6, 6.07) is 9.38. The molecule has 1 fully saturated rings. The number of aliphatic hydroxyl groups excluding tert-OH is 1. The minimum Gasteiger partial charge on any atom is -0.386 e. The van der Waals surface area contributed by atoms with Gasteiger partial charge in [0.25, 0.3) is 10.0 Å². The highest BCUT2D eigenvalue weighted by Gasteiger charge is 2.45. The summed E-state index contributed by atoms with van der Waals surface area (Å²) < 4.78 is 79.2. The molecule has 0 saturated carbocycles. The van der Waals surface area contributed by atoms with E-state index in [-0.39, 0.29) is 35.3 Å². The zero-order chi connectivity index (χ0) is 30.6. The number of rotatable bonds is 7. The van der Waals surface area contributed by atoms with Crippen LogP contribution in [-0.2, 0) is 29.2 Å². The summed E-state index contributed by atoms with van der Waals surface area (Å²) in [4.78, 5) is 5.35. The molecule has 0 aliphatic carbocycles. The van der Waals surface area contributed by atoms with E-state index in [0.29, 0.717) is 42.9 Å². The molecule has 2 aliphatic rings. The van der Waals surface area contributed by atoms with Crippen LogP contribution in [0.2, 0.25) is 0 Å². The summed E-state index contributed by atoms with van der Waals surface area (Å²) >= 11 is 0. The van der Waals surface area contributed by atoms with Gasteiger partial charge in [-0.1, -0.05) is 12.1 Å². The first-order valence-corrected chi connectivity index (χ1v) is 16.1. The van der Waals surface area contributed by atoms with Crippen LogP contribution in [0.5, 0.6) is 0 Å². The van der Waals surface area contributed by atoms with Crippen LogP contribution in [0.25, 0.3) is 22.2 Å². The van der Waals surface area contributed by atoms with Crippen molar-refractivity contribution >= 4 is 20.9 Å². The molecule has 2 unspecified atom stereocenters. The Bertz CT molecular complexity index is 1730. The lowest BCUT2D eigenvalue weighted by atomic mass is 9.89. The van der Waals surface area contributed by atoms with Gasteiger partial charge in [-0.15, -0.1) is 0 Å². The van der Waals surface area contributed by atoms with E-state index >= 15 is 0 Å². The molecule has 13 heteroatoms. The second kappa shape index (κ2) is 11.0. The van der Waals surface area contributed by atoms with E-state index in [1.54, 1.807) is 12.1 Å². The molecule has 2 aliphatic heterocycles. The van der Waals surface area contributed by atoms with Crippen LogP contribution in [-0.4, -0.2) is 82.6 Å². The van der Waals surface area contributed by atoms with E-state index in [1.165, 1.54) is 18.2 Å². The maximum absolute atomic E-state index is 13.9. The Morgan fingerprint density at radius 1 is 1.14 bits per heavy atom. The third-order valence-electron chi connectivity index (χ3n) is 9.07. The van der Waals surface area contributed by atoms with Crippen molar-refractivity contribution in [3.05, 3.63) is 76.9 Å². The van der Waals surface area contributed by atoms with Crippen LogP contribution in [0.1, 0.15) is 41.1 Å². The van der Waals surface area contributed by atoms with E-state index in [1.807, 2.05) is 6.20 Å². The van der Waals surface area contributed by atoms with Crippen molar-refractivity contribution in [1.29, 1.82) is 0 Å². The number of halogens is 4. The zero-order valence-electron chi connectivity index (χ0n) is 23.7. The summed E-state index contributed by atoms with van der Waals surface area (Å²) in [5.74, 6) is -0.0212. The van der Waals surface area contributed by atoms with Crippen molar-refractivity contribution < 1.29 is 35.0 Å². The highest BCUT2D eigenvalue weighted by molar-refractivity contribution is 7.85. The number of H-pyrrole nitrogens is 2. The first kappa shape index (κ1) is 29.8. The van der Waals surface area contributed by atoms with Crippen LogP contribution < -0.4 is 0 Å². The Kier molecular flexibility index (Phi) is 7.64. The summed E-state index contributed by atoms with van der Waals surface area (Å²) in [5.41, 5.74) is 3.48. The number of hydrogen-bond acceptors (Lipinski definition) is 5. The third kappa shape index (κ3) is 5.83. The molecule has 230 valence electrons. The molecule has 1 saturated heterocycles. The summed E-state index contributed by atoms with van der Waals surface area (Å²) in [6.45, 7) is 2.03. The van der Waals surface area contributed by atoms with Crippen molar-refractivity contribution in [2.45, 2.75) is 44.0 Å². The number of aliphatic hydroxyl groups is 1. The van der Waals surface area contributed by atoms with E-state index in [2.05, 4.69) is 20.1 Å². The molecule has 0 radical (unpaired) electrons. The van der Waals surface area contributed by atoms with E-state index in [9.17, 15) is 31.1 Å². The number of fused-ring (bicyclic) bond motifs is 2. The van der Waals surface area contributed by atoms with E-state index in [4.69, 9.17) is 0 Å². The molecule has 4 aromatic rings. The van der Waals surface area contributed by atoms with E-state index in [0.717, 1.165) is 53.4 Å². The number of sulfonamides is 1. The van der Waals surface area contributed by atoms with Crippen molar-refractivity contribution in [3.8, 4) is 11.3 Å². The Morgan fingerprint density at radius 2 is 1.86 bits per heavy atom. The van der Waals surface area contributed by atoms with Crippen LogP contribution in [0.3, 0.4) is 0 Å². The fourth-order valence-corrected chi connectivity index (χ4v) is 7.94. The molecular weight excluding hydrogens is 586 g/mol. The molecule has 8 nitrogen and oxygen atoms in total. The van der Waals surface area contributed by atoms with Gasteiger partial charge < -0.3 is 15.0 Å². The predicted octanol–water partition coefficient (Wildman–Crippen LogP) is 4.79. The predicted molar refractivity (Wildman–Crippen MR) is 154 cm³/mol. The number of nitrogens with zero attached hydrogens (tertiary/aromatic N) is 3. The van der Waals surface area contributed by atoms with Crippen molar-refractivity contribution in [3.63, 3.8) is 0 Å². The van der Waals surface area contributed by atoms with Gasteiger partial charge in [0.2, 0.25) is 0 Å². The van der Waals surface area contributed by atoms with Crippen molar-refractivity contribution in [1.82, 2.24) is 20.1 Å². The minimum absolute atomic E-state index is 0.0163. The number of hydrogen-bond donors (Lipinski definition) is 3. The number of aromatic nitrogens is 3. The Labute approximate surface area is 247 Å². The maximum atomic E-state index is 13.9. The second-order valence-corrected chi connectivity index (χ2v) is 14.1. The van der Waals surface area contributed by atoms with Crippen LogP contribution in [0.4, 0.5) is 17.6 Å². The Hall–Kier alpha value is -3.26. The first-order valence-electron chi connectivity index (χ1n) is 14.3. The fourth-order valence-electron chi connectivity index (χ4n) is 6.71. The van der Waals surface area contributed by atoms with Gasteiger partial charge in [0.05, 0.1) is 29.6 Å². The van der Waals surface area contributed by atoms with E-state index < -0.39 is 27.9 Å². The molecule has 0 amide bonds. The Morgan fingerprint density at radius 3 is 2.53 bits per heavy atom. The summed E-state index contributed by atoms with van der Waals surface area (Å²) in [6.07, 6.45) is -0.242. The normalized spacial score (nSPS) is 21.3. The smallest absolute Gasteiger partial charge is 0.386 e. The Balaban J connectivity index is 1.14. The van der Waals surface area contributed by atoms with Gasteiger partial charge >= 0.3 is 6.18 Å². The molecule has 0 spiro atoms. The molecule has 6 rings (SSSR count).